The Morgan fingerprint density at radius 1 is 0.955 bits per heavy atom. The normalized spacial score (nSPS) is 13.0. The summed E-state index contributed by atoms with van der Waals surface area (Å²) in [6, 6.07) is 11.0. The SMILES string of the molecule is C=CCOc1ccc(CC(NC(=O)OC(C)(C)C)C(=O)N(C(=O)OC(C)(C)C)[C@@H](Cc2c[nH]c3ccccc23)C(=O)O)cc1. The fraction of sp³-hybridized carbons (Fsp3) is 0.394. The highest BCUT2D eigenvalue weighted by atomic mass is 16.6. The molecule has 11 nitrogen and oxygen atoms in total. The van der Waals surface area contributed by atoms with E-state index in [0.717, 1.165) is 10.9 Å². The van der Waals surface area contributed by atoms with Gasteiger partial charge in [0.25, 0.3) is 5.91 Å². The number of H-pyrrole nitrogens is 1. The summed E-state index contributed by atoms with van der Waals surface area (Å²) in [5.41, 5.74) is 0.0337. The zero-order chi connectivity index (χ0) is 32.7. The lowest BCUT2D eigenvalue weighted by Crippen LogP contribution is -2.58. The number of hydrogen-bond acceptors (Lipinski definition) is 7. The van der Waals surface area contributed by atoms with Crippen LogP contribution < -0.4 is 10.1 Å². The number of carbonyl (C=O) groups is 4. The van der Waals surface area contributed by atoms with Crippen LogP contribution in [0, 0.1) is 0 Å². The Balaban J connectivity index is 2.04. The highest BCUT2D eigenvalue weighted by Crippen LogP contribution is 2.24. The fourth-order valence-electron chi connectivity index (χ4n) is 4.41. The molecule has 3 amide bonds. The Labute approximate surface area is 257 Å². The van der Waals surface area contributed by atoms with E-state index in [1.165, 1.54) is 0 Å². The molecule has 3 aromatic rings. The third-order valence-electron chi connectivity index (χ3n) is 6.23. The van der Waals surface area contributed by atoms with E-state index >= 15 is 0 Å². The first kappa shape index (κ1) is 33.7. The van der Waals surface area contributed by atoms with Crippen LogP contribution in [0.15, 0.2) is 67.4 Å². The molecule has 3 rings (SSSR count). The summed E-state index contributed by atoms with van der Waals surface area (Å²) < 4.78 is 16.4. The highest BCUT2D eigenvalue weighted by molar-refractivity contribution is 6.00. The van der Waals surface area contributed by atoms with Gasteiger partial charge >= 0.3 is 18.2 Å². The molecule has 0 spiro atoms. The average molecular weight is 608 g/mol. The summed E-state index contributed by atoms with van der Waals surface area (Å²) in [4.78, 5) is 57.2. The molecule has 2 aromatic carbocycles. The van der Waals surface area contributed by atoms with Crippen LogP contribution in [0.25, 0.3) is 10.9 Å². The van der Waals surface area contributed by atoms with Gasteiger partial charge in [-0.3, -0.25) is 4.79 Å². The van der Waals surface area contributed by atoms with Gasteiger partial charge in [-0.15, -0.1) is 0 Å². The van der Waals surface area contributed by atoms with E-state index in [9.17, 15) is 24.3 Å². The second kappa shape index (κ2) is 14.1. The molecule has 11 heteroatoms. The van der Waals surface area contributed by atoms with Crippen molar-refractivity contribution in [1.82, 2.24) is 15.2 Å². The van der Waals surface area contributed by atoms with Gasteiger partial charge in [0.15, 0.2) is 0 Å². The number of rotatable bonds is 11. The Hall–Kier alpha value is -4.80. The van der Waals surface area contributed by atoms with Crippen molar-refractivity contribution in [3.8, 4) is 5.75 Å². The van der Waals surface area contributed by atoms with Crippen molar-refractivity contribution in [2.75, 3.05) is 6.61 Å². The van der Waals surface area contributed by atoms with Gasteiger partial charge in [0, 0.05) is 29.9 Å². The van der Waals surface area contributed by atoms with E-state index < -0.39 is 47.3 Å². The molecule has 0 radical (unpaired) electrons. The van der Waals surface area contributed by atoms with Crippen molar-refractivity contribution in [2.24, 2.45) is 0 Å². The first-order chi connectivity index (χ1) is 20.6. The monoisotopic (exact) mass is 607 g/mol. The predicted octanol–water partition coefficient (Wildman–Crippen LogP) is 5.63. The van der Waals surface area contributed by atoms with Crippen LogP contribution >= 0.6 is 0 Å². The molecule has 2 atom stereocenters. The van der Waals surface area contributed by atoms with Gasteiger partial charge in [-0.2, -0.15) is 0 Å². The van der Waals surface area contributed by atoms with Crippen molar-refractivity contribution in [2.45, 2.75) is 77.7 Å². The smallest absolute Gasteiger partial charge is 0.417 e. The van der Waals surface area contributed by atoms with Crippen molar-refractivity contribution >= 4 is 35.0 Å². The maximum Gasteiger partial charge on any atom is 0.417 e. The van der Waals surface area contributed by atoms with E-state index in [1.807, 2.05) is 18.2 Å². The molecule has 0 aliphatic carbocycles. The van der Waals surface area contributed by atoms with Gasteiger partial charge < -0.3 is 29.6 Å². The van der Waals surface area contributed by atoms with Gasteiger partial charge in [0.2, 0.25) is 0 Å². The molecule has 0 fully saturated rings. The molecular weight excluding hydrogens is 566 g/mol. The first-order valence-electron chi connectivity index (χ1n) is 14.2. The van der Waals surface area contributed by atoms with Crippen LogP contribution in [0.4, 0.5) is 9.59 Å². The maximum atomic E-state index is 14.3. The number of amides is 3. The number of nitrogens with zero attached hydrogens (tertiary/aromatic N) is 1. The number of nitrogens with one attached hydrogen (secondary N) is 2. The lowest BCUT2D eigenvalue weighted by Gasteiger charge is -2.33. The standard InChI is InChI=1S/C33H41N3O8/c1-8-17-42-23-15-13-21(14-16-23)18-26(35-30(40)43-32(2,3)4)28(37)36(31(41)44-33(5,6)7)27(29(38)39)19-22-20-34-25-12-10-9-11-24(22)25/h8-16,20,26-27,34H,1,17-19H2,2-7H3,(H,35,40)(H,38,39)/t26?,27-/m0/s1. The second-order valence-corrected chi connectivity index (χ2v) is 12.3. The molecule has 0 saturated heterocycles. The van der Waals surface area contributed by atoms with Crippen LogP contribution in [-0.2, 0) is 31.9 Å². The molecule has 1 heterocycles. The number of fused-ring (bicyclic) bond motifs is 1. The lowest BCUT2D eigenvalue weighted by molar-refractivity contribution is -0.150. The van der Waals surface area contributed by atoms with Crippen LogP contribution in [-0.4, -0.2) is 68.9 Å². The maximum absolute atomic E-state index is 14.3. The van der Waals surface area contributed by atoms with Gasteiger partial charge in [-0.1, -0.05) is 43.0 Å². The van der Waals surface area contributed by atoms with E-state index in [4.69, 9.17) is 14.2 Å². The summed E-state index contributed by atoms with van der Waals surface area (Å²) in [5, 5.41) is 13.7. The molecule has 236 valence electrons. The summed E-state index contributed by atoms with van der Waals surface area (Å²) >= 11 is 0. The lowest BCUT2D eigenvalue weighted by atomic mass is 10.0. The summed E-state index contributed by atoms with van der Waals surface area (Å²) in [5.74, 6) is -1.82. The third-order valence-corrected chi connectivity index (χ3v) is 6.23. The number of carbonyl (C=O) groups excluding carboxylic acids is 3. The minimum absolute atomic E-state index is 0.0848. The Kier molecular flexibility index (Phi) is 10.8. The van der Waals surface area contributed by atoms with E-state index in [0.29, 0.717) is 28.4 Å². The molecule has 1 unspecified atom stereocenters. The summed E-state index contributed by atoms with van der Waals surface area (Å²) in [7, 11) is 0. The van der Waals surface area contributed by atoms with Gasteiger partial charge in [0.05, 0.1) is 0 Å². The molecular formula is C33H41N3O8. The quantitative estimate of drug-likeness (QED) is 0.238. The number of aromatic nitrogens is 1. The largest absolute Gasteiger partial charge is 0.490 e. The Morgan fingerprint density at radius 3 is 2.18 bits per heavy atom. The van der Waals surface area contributed by atoms with Gasteiger partial charge in [-0.25, -0.2) is 19.3 Å². The molecule has 44 heavy (non-hydrogen) atoms. The summed E-state index contributed by atoms with van der Waals surface area (Å²) in [6.45, 7) is 13.7. The van der Waals surface area contributed by atoms with Gasteiger partial charge in [-0.05, 0) is 70.9 Å². The van der Waals surface area contributed by atoms with E-state index in [-0.39, 0.29) is 12.8 Å². The number of alkyl carbamates (subject to hydrolysis) is 1. The number of para-hydroxylation sites is 1. The van der Waals surface area contributed by atoms with Crippen molar-refractivity contribution in [1.29, 1.82) is 0 Å². The zero-order valence-corrected chi connectivity index (χ0v) is 26.0. The molecule has 0 bridgehead atoms. The Bertz CT molecular complexity index is 1480. The number of benzene rings is 2. The molecule has 0 aliphatic heterocycles. The molecule has 0 saturated carbocycles. The zero-order valence-electron chi connectivity index (χ0n) is 26.0. The average Bonchev–Trinajstić information content (AvgIpc) is 3.32. The summed E-state index contributed by atoms with van der Waals surface area (Å²) in [6.07, 6.45) is 0.893. The minimum atomic E-state index is -1.66. The van der Waals surface area contributed by atoms with Crippen LogP contribution in [0.5, 0.6) is 5.75 Å². The number of carboxylic acid groups (broad SMARTS) is 1. The fourth-order valence-corrected chi connectivity index (χ4v) is 4.41. The number of imide groups is 1. The van der Waals surface area contributed by atoms with Crippen LogP contribution in [0.1, 0.15) is 52.7 Å². The van der Waals surface area contributed by atoms with Crippen molar-refractivity contribution in [3.63, 3.8) is 0 Å². The number of carboxylic acids is 1. The molecule has 0 aliphatic rings. The van der Waals surface area contributed by atoms with E-state index in [2.05, 4.69) is 16.9 Å². The number of ether oxygens (including phenoxy) is 3. The number of aromatic amines is 1. The van der Waals surface area contributed by atoms with Crippen molar-refractivity contribution in [3.05, 3.63) is 78.5 Å². The minimum Gasteiger partial charge on any atom is -0.490 e. The number of aliphatic carboxylic acids is 1. The number of hydrogen-bond donors (Lipinski definition) is 3. The Morgan fingerprint density at radius 2 is 1.59 bits per heavy atom. The van der Waals surface area contributed by atoms with Gasteiger partial charge in [0.1, 0.15) is 35.6 Å². The second-order valence-electron chi connectivity index (χ2n) is 12.3. The molecule has 1 aromatic heterocycles. The predicted molar refractivity (Wildman–Crippen MR) is 166 cm³/mol. The highest BCUT2D eigenvalue weighted by Gasteiger charge is 2.42. The van der Waals surface area contributed by atoms with Crippen LogP contribution in [0.2, 0.25) is 0 Å². The van der Waals surface area contributed by atoms with Crippen molar-refractivity contribution < 1.29 is 38.5 Å². The molecule has 3 N–H and O–H groups in total. The third kappa shape index (κ3) is 9.62. The topological polar surface area (TPSA) is 147 Å². The van der Waals surface area contributed by atoms with Crippen LogP contribution in [0.3, 0.4) is 0 Å². The van der Waals surface area contributed by atoms with E-state index in [1.54, 1.807) is 84.1 Å². The first-order valence-corrected chi connectivity index (χ1v) is 14.2.